The number of benzene rings is 4. The van der Waals surface area contributed by atoms with Gasteiger partial charge in [-0.15, -0.1) is 0 Å². The lowest BCUT2D eigenvalue weighted by molar-refractivity contribution is 1.08. The summed E-state index contributed by atoms with van der Waals surface area (Å²) >= 11 is 0. The maximum absolute atomic E-state index is 2.39. The fourth-order valence-corrected chi connectivity index (χ4v) is 4.45. The van der Waals surface area contributed by atoms with Crippen LogP contribution in [-0.4, -0.2) is 0 Å². The molecule has 0 atom stereocenters. The lowest BCUT2D eigenvalue weighted by Crippen LogP contribution is -1.99. The molecule has 0 aliphatic carbocycles. The van der Waals surface area contributed by atoms with Crippen LogP contribution < -0.4 is 0 Å². The average Bonchev–Trinajstić information content (AvgIpc) is 2.60. The number of rotatable bonds is 4. The van der Waals surface area contributed by atoms with E-state index in [0.717, 1.165) is 12.8 Å². The van der Waals surface area contributed by atoms with Crippen molar-refractivity contribution in [3.8, 4) is 0 Å². The van der Waals surface area contributed by atoms with E-state index >= 15 is 0 Å². The highest BCUT2D eigenvalue weighted by Gasteiger charge is 2.09. The summed E-state index contributed by atoms with van der Waals surface area (Å²) in [6, 6.07) is 27.3. The molecular formula is C28H28. The first-order valence-electron chi connectivity index (χ1n) is 10.1. The van der Waals surface area contributed by atoms with E-state index in [0.29, 0.717) is 0 Å². The summed E-state index contributed by atoms with van der Waals surface area (Å²) in [7, 11) is 0. The van der Waals surface area contributed by atoms with Gasteiger partial charge in [-0.3, -0.25) is 0 Å². The number of hydrogen-bond acceptors (Lipinski definition) is 0. The zero-order chi connectivity index (χ0) is 19.7. The van der Waals surface area contributed by atoms with Crippen molar-refractivity contribution in [2.45, 2.75) is 40.5 Å². The van der Waals surface area contributed by atoms with Gasteiger partial charge < -0.3 is 0 Å². The quantitative estimate of drug-likeness (QED) is 0.357. The van der Waals surface area contributed by atoms with Crippen molar-refractivity contribution in [1.29, 1.82) is 0 Å². The first-order valence-corrected chi connectivity index (χ1v) is 10.1. The first kappa shape index (κ1) is 18.5. The lowest BCUT2D eigenvalue weighted by atomic mass is 9.91. The minimum Gasteiger partial charge on any atom is -0.0616 e. The molecule has 0 aliphatic heterocycles. The van der Waals surface area contributed by atoms with Crippen LogP contribution in [0.3, 0.4) is 0 Å². The third-order valence-electron chi connectivity index (χ3n) is 5.42. The van der Waals surface area contributed by atoms with Gasteiger partial charge in [0.1, 0.15) is 0 Å². The molecule has 28 heavy (non-hydrogen) atoms. The summed E-state index contributed by atoms with van der Waals surface area (Å²) in [5.41, 5.74) is 11.0. The highest BCUT2D eigenvalue weighted by molar-refractivity contribution is 5.84. The first-order chi connectivity index (χ1) is 13.5. The fourth-order valence-electron chi connectivity index (χ4n) is 4.45. The average molecular weight is 365 g/mol. The van der Waals surface area contributed by atoms with E-state index in [1.807, 2.05) is 0 Å². The maximum Gasteiger partial charge on any atom is -0.00225 e. The van der Waals surface area contributed by atoms with Gasteiger partial charge in [0.15, 0.2) is 0 Å². The molecule has 4 rings (SSSR count). The Hall–Kier alpha value is -2.86. The molecule has 0 nitrogen and oxygen atoms in total. The number of hydrogen-bond donors (Lipinski definition) is 0. The second kappa shape index (κ2) is 7.64. The predicted molar refractivity (Wildman–Crippen MR) is 121 cm³/mol. The van der Waals surface area contributed by atoms with E-state index in [-0.39, 0.29) is 0 Å². The summed E-state index contributed by atoms with van der Waals surface area (Å²) in [6.07, 6.45) is 1.96. The van der Waals surface area contributed by atoms with Gasteiger partial charge in [-0.1, -0.05) is 95.1 Å². The van der Waals surface area contributed by atoms with Crippen LogP contribution in [0.4, 0.5) is 0 Å². The third-order valence-corrected chi connectivity index (χ3v) is 5.42. The molecule has 0 unspecified atom stereocenters. The maximum atomic E-state index is 2.39. The van der Waals surface area contributed by atoms with Crippen molar-refractivity contribution in [2.75, 3.05) is 0 Å². The standard InChI is InChI=1S/C28H28/c1-19-9-20(2)12-23(11-19)15-27-17-25-7-5-6-8-26(25)18-28(27)16-24-13-21(3)10-22(4)14-24/h5-14,17-18H,15-16H2,1-4H3. The highest BCUT2D eigenvalue weighted by Crippen LogP contribution is 2.26. The minimum absolute atomic E-state index is 0.980. The molecule has 0 aromatic heterocycles. The second-order valence-electron chi connectivity index (χ2n) is 8.31. The predicted octanol–water partition coefficient (Wildman–Crippen LogP) is 7.26. The van der Waals surface area contributed by atoms with Crippen LogP contribution in [-0.2, 0) is 12.8 Å². The molecule has 4 aromatic rings. The zero-order valence-corrected chi connectivity index (χ0v) is 17.3. The van der Waals surface area contributed by atoms with Gasteiger partial charge >= 0.3 is 0 Å². The summed E-state index contributed by atoms with van der Waals surface area (Å²) in [5, 5.41) is 2.65. The summed E-state index contributed by atoms with van der Waals surface area (Å²) in [4.78, 5) is 0. The van der Waals surface area contributed by atoms with Crippen molar-refractivity contribution >= 4 is 10.8 Å². The van der Waals surface area contributed by atoms with Crippen molar-refractivity contribution in [3.63, 3.8) is 0 Å². The third kappa shape index (κ3) is 4.17. The Labute approximate surface area is 168 Å². The van der Waals surface area contributed by atoms with Gasteiger partial charge in [-0.05, 0) is 73.6 Å². The Bertz CT molecular complexity index is 1020. The molecule has 0 heterocycles. The van der Waals surface area contributed by atoms with E-state index in [2.05, 4.69) is 100 Å². The molecule has 0 radical (unpaired) electrons. The number of fused-ring (bicyclic) bond motifs is 1. The van der Waals surface area contributed by atoms with E-state index < -0.39 is 0 Å². The van der Waals surface area contributed by atoms with E-state index in [1.54, 1.807) is 0 Å². The molecule has 0 spiro atoms. The van der Waals surface area contributed by atoms with E-state index in [9.17, 15) is 0 Å². The Kier molecular flexibility index (Phi) is 5.05. The van der Waals surface area contributed by atoms with Crippen LogP contribution in [0.15, 0.2) is 72.8 Å². The van der Waals surface area contributed by atoms with E-state index in [1.165, 1.54) is 55.3 Å². The van der Waals surface area contributed by atoms with Gasteiger partial charge in [0.05, 0.1) is 0 Å². The lowest BCUT2D eigenvalue weighted by Gasteiger charge is -2.14. The van der Waals surface area contributed by atoms with Gasteiger partial charge in [0.25, 0.3) is 0 Å². The summed E-state index contributed by atoms with van der Waals surface area (Å²) in [6.45, 7) is 8.75. The SMILES string of the molecule is Cc1cc(C)cc(Cc2cc3ccccc3cc2Cc2cc(C)cc(C)c2)c1. The van der Waals surface area contributed by atoms with Crippen LogP contribution in [0.2, 0.25) is 0 Å². The van der Waals surface area contributed by atoms with Crippen LogP contribution >= 0.6 is 0 Å². The normalized spacial score (nSPS) is 11.1. The molecule has 4 aromatic carbocycles. The Morgan fingerprint density at radius 2 is 0.821 bits per heavy atom. The Balaban J connectivity index is 1.79. The van der Waals surface area contributed by atoms with Crippen molar-refractivity contribution < 1.29 is 0 Å². The van der Waals surface area contributed by atoms with Crippen molar-refractivity contribution in [3.05, 3.63) is 117 Å². The zero-order valence-electron chi connectivity index (χ0n) is 17.3. The molecule has 0 saturated carbocycles. The second-order valence-corrected chi connectivity index (χ2v) is 8.31. The van der Waals surface area contributed by atoms with Crippen molar-refractivity contribution in [1.82, 2.24) is 0 Å². The monoisotopic (exact) mass is 364 g/mol. The number of aryl methyl sites for hydroxylation is 4. The Morgan fingerprint density at radius 3 is 1.18 bits per heavy atom. The van der Waals surface area contributed by atoms with Gasteiger partial charge in [-0.25, -0.2) is 0 Å². The fraction of sp³-hybridized carbons (Fsp3) is 0.214. The summed E-state index contributed by atoms with van der Waals surface area (Å²) < 4.78 is 0. The minimum atomic E-state index is 0.980. The largest absolute Gasteiger partial charge is 0.0616 e. The van der Waals surface area contributed by atoms with Gasteiger partial charge in [0.2, 0.25) is 0 Å². The van der Waals surface area contributed by atoms with E-state index in [4.69, 9.17) is 0 Å². The smallest absolute Gasteiger partial charge is 0.00225 e. The molecule has 0 amide bonds. The van der Waals surface area contributed by atoms with Crippen LogP contribution in [0.5, 0.6) is 0 Å². The topological polar surface area (TPSA) is 0 Å². The van der Waals surface area contributed by atoms with Gasteiger partial charge in [0, 0.05) is 0 Å². The molecule has 0 aliphatic rings. The summed E-state index contributed by atoms with van der Waals surface area (Å²) in [5.74, 6) is 0. The molecular weight excluding hydrogens is 336 g/mol. The molecule has 140 valence electrons. The molecule has 0 heteroatoms. The van der Waals surface area contributed by atoms with Crippen LogP contribution in [0.25, 0.3) is 10.8 Å². The van der Waals surface area contributed by atoms with Crippen LogP contribution in [0.1, 0.15) is 44.5 Å². The highest BCUT2D eigenvalue weighted by atomic mass is 14.1. The van der Waals surface area contributed by atoms with Crippen molar-refractivity contribution in [2.24, 2.45) is 0 Å². The molecule has 0 bridgehead atoms. The van der Waals surface area contributed by atoms with Crippen LogP contribution in [0, 0.1) is 27.7 Å². The molecule has 0 N–H and O–H groups in total. The molecule has 0 saturated heterocycles. The molecule has 0 fully saturated rings. The van der Waals surface area contributed by atoms with Gasteiger partial charge in [-0.2, -0.15) is 0 Å². The Morgan fingerprint density at radius 1 is 0.464 bits per heavy atom.